The summed E-state index contributed by atoms with van der Waals surface area (Å²) in [5, 5.41) is 0. The average Bonchev–Trinajstić information content (AvgIpc) is 2.57. The van der Waals surface area contributed by atoms with Gasteiger partial charge in [-0.1, -0.05) is 78.6 Å². The van der Waals surface area contributed by atoms with Crippen LogP contribution in [0.2, 0.25) is 0 Å². The van der Waals surface area contributed by atoms with Gasteiger partial charge in [0.1, 0.15) is 0 Å². The Morgan fingerprint density at radius 3 is 1.88 bits per heavy atom. The quantitative estimate of drug-likeness (QED) is 0.264. The maximum atomic E-state index is 12.1. The molecule has 0 N–H and O–H groups in total. The summed E-state index contributed by atoms with van der Waals surface area (Å²) >= 11 is 0. The number of hydrogen-bond acceptors (Lipinski definition) is 4. The highest BCUT2D eigenvalue weighted by atomic mass is 16.5. The summed E-state index contributed by atoms with van der Waals surface area (Å²) in [4.78, 5) is 24.0. The molecule has 0 aromatic heterocycles. The molecule has 0 aliphatic carbocycles. The minimum absolute atomic E-state index is 0.141. The van der Waals surface area contributed by atoms with E-state index < -0.39 is 0 Å². The van der Waals surface area contributed by atoms with Crippen molar-refractivity contribution < 1.29 is 19.1 Å². The van der Waals surface area contributed by atoms with E-state index in [0.29, 0.717) is 25.6 Å². The molecule has 0 bridgehead atoms. The summed E-state index contributed by atoms with van der Waals surface area (Å²) in [7, 11) is 0. The molecule has 0 aliphatic heterocycles. The van der Waals surface area contributed by atoms with Crippen molar-refractivity contribution in [3.63, 3.8) is 0 Å². The molecular formula is C21H40O4. The van der Waals surface area contributed by atoms with Crippen LogP contribution in [0.25, 0.3) is 0 Å². The van der Waals surface area contributed by atoms with Crippen molar-refractivity contribution in [2.45, 2.75) is 98.3 Å². The van der Waals surface area contributed by atoms with Crippen molar-refractivity contribution in [1.29, 1.82) is 0 Å². The molecule has 0 aliphatic rings. The van der Waals surface area contributed by atoms with E-state index in [9.17, 15) is 9.59 Å². The number of unbranched alkanes of at least 4 members (excludes halogenated alkanes) is 8. The Hall–Kier alpha value is -1.06. The van der Waals surface area contributed by atoms with Gasteiger partial charge in [-0.05, 0) is 19.3 Å². The summed E-state index contributed by atoms with van der Waals surface area (Å²) in [6.07, 6.45) is 12.0. The van der Waals surface area contributed by atoms with Crippen LogP contribution in [0.15, 0.2) is 0 Å². The molecule has 0 radical (unpaired) electrons. The van der Waals surface area contributed by atoms with Gasteiger partial charge in [0.15, 0.2) is 0 Å². The molecule has 0 saturated heterocycles. The summed E-state index contributed by atoms with van der Waals surface area (Å²) in [6.45, 7) is 8.79. The predicted octanol–water partition coefficient (Wildman–Crippen LogP) is 5.68. The zero-order valence-electron chi connectivity index (χ0n) is 17.0. The average molecular weight is 357 g/mol. The Balaban J connectivity index is 3.99. The lowest BCUT2D eigenvalue weighted by Gasteiger charge is -2.15. The van der Waals surface area contributed by atoms with Crippen LogP contribution in [0.4, 0.5) is 0 Å². The zero-order valence-corrected chi connectivity index (χ0v) is 17.0. The Labute approximate surface area is 155 Å². The summed E-state index contributed by atoms with van der Waals surface area (Å²) in [6, 6.07) is 0. The van der Waals surface area contributed by atoms with E-state index in [2.05, 4.69) is 6.92 Å². The molecule has 0 saturated carbocycles. The van der Waals surface area contributed by atoms with Gasteiger partial charge in [-0.3, -0.25) is 9.59 Å². The van der Waals surface area contributed by atoms with Crippen LogP contribution < -0.4 is 0 Å². The van der Waals surface area contributed by atoms with Gasteiger partial charge in [0.2, 0.25) is 0 Å². The second-order valence-corrected chi connectivity index (χ2v) is 7.35. The van der Waals surface area contributed by atoms with E-state index in [1.807, 2.05) is 13.8 Å². The van der Waals surface area contributed by atoms with Crippen LogP contribution in [0, 0.1) is 11.8 Å². The van der Waals surface area contributed by atoms with Crippen molar-refractivity contribution in [2.24, 2.45) is 11.8 Å². The smallest absolute Gasteiger partial charge is 0.309 e. The Morgan fingerprint density at radius 1 is 0.800 bits per heavy atom. The summed E-state index contributed by atoms with van der Waals surface area (Å²) in [5.74, 6) is -0.599. The maximum Gasteiger partial charge on any atom is 0.309 e. The van der Waals surface area contributed by atoms with Crippen LogP contribution in [-0.2, 0) is 19.1 Å². The van der Waals surface area contributed by atoms with Crippen molar-refractivity contribution in [2.75, 3.05) is 13.2 Å². The third-order valence-electron chi connectivity index (χ3n) is 4.27. The predicted molar refractivity (Wildman–Crippen MR) is 102 cm³/mol. The van der Waals surface area contributed by atoms with E-state index in [1.165, 1.54) is 44.9 Å². The van der Waals surface area contributed by atoms with Gasteiger partial charge in [-0.25, -0.2) is 0 Å². The highest BCUT2D eigenvalue weighted by molar-refractivity contribution is 5.79. The first kappa shape index (κ1) is 23.9. The fourth-order valence-electron chi connectivity index (χ4n) is 2.78. The Kier molecular flexibility index (Phi) is 15.7. The lowest BCUT2D eigenvalue weighted by molar-refractivity contribution is -0.155. The van der Waals surface area contributed by atoms with Gasteiger partial charge in [0.05, 0.1) is 25.6 Å². The van der Waals surface area contributed by atoms with Crippen LogP contribution in [0.5, 0.6) is 0 Å². The fourth-order valence-corrected chi connectivity index (χ4v) is 2.78. The molecule has 0 amide bonds. The second kappa shape index (κ2) is 16.4. The van der Waals surface area contributed by atoms with E-state index in [-0.39, 0.29) is 24.3 Å². The lowest BCUT2D eigenvalue weighted by atomic mass is 9.97. The number of carbonyl (C=O) groups is 2. The second-order valence-electron chi connectivity index (χ2n) is 7.35. The lowest BCUT2D eigenvalue weighted by Crippen LogP contribution is -2.23. The van der Waals surface area contributed by atoms with Crippen LogP contribution in [-0.4, -0.2) is 25.2 Å². The third kappa shape index (κ3) is 14.9. The highest BCUT2D eigenvalue weighted by Crippen LogP contribution is 2.18. The number of ether oxygens (including phenoxy) is 2. The van der Waals surface area contributed by atoms with Gasteiger partial charge < -0.3 is 9.47 Å². The molecular weight excluding hydrogens is 316 g/mol. The monoisotopic (exact) mass is 356 g/mol. The number of rotatable bonds is 16. The molecule has 0 fully saturated rings. The van der Waals surface area contributed by atoms with Crippen LogP contribution >= 0.6 is 0 Å². The molecule has 4 heteroatoms. The van der Waals surface area contributed by atoms with Gasteiger partial charge in [-0.2, -0.15) is 0 Å². The largest absolute Gasteiger partial charge is 0.466 e. The van der Waals surface area contributed by atoms with E-state index in [4.69, 9.17) is 9.47 Å². The first-order chi connectivity index (χ1) is 12.0. The molecule has 0 heterocycles. The van der Waals surface area contributed by atoms with Crippen LogP contribution in [0.1, 0.15) is 98.3 Å². The van der Waals surface area contributed by atoms with E-state index >= 15 is 0 Å². The molecule has 0 rings (SSSR count). The highest BCUT2D eigenvalue weighted by Gasteiger charge is 2.23. The van der Waals surface area contributed by atoms with Crippen LogP contribution in [0.3, 0.4) is 0 Å². The number of carbonyl (C=O) groups excluding carboxylic acids is 2. The maximum absolute atomic E-state index is 12.1. The topological polar surface area (TPSA) is 52.6 Å². The molecule has 4 nitrogen and oxygen atoms in total. The van der Waals surface area contributed by atoms with Crippen molar-refractivity contribution >= 4 is 11.9 Å². The summed E-state index contributed by atoms with van der Waals surface area (Å²) < 4.78 is 10.3. The normalized spacial score (nSPS) is 12.2. The minimum atomic E-state index is -0.357. The molecule has 0 spiro atoms. The Bertz CT molecular complexity index is 339. The van der Waals surface area contributed by atoms with E-state index in [1.54, 1.807) is 6.92 Å². The SMILES string of the molecule is CCCCCCCCCCCC(CC(=O)OCC(C)C)C(=O)OCC. The first-order valence-corrected chi connectivity index (χ1v) is 10.3. The molecule has 1 atom stereocenters. The van der Waals surface area contributed by atoms with Gasteiger partial charge >= 0.3 is 11.9 Å². The molecule has 25 heavy (non-hydrogen) atoms. The molecule has 148 valence electrons. The number of esters is 2. The molecule has 0 aromatic carbocycles. The third-order valence-corrected chi connectivity index (χ3v) is 4.27. The molecule has 1 unspecified atom stereocenters. The summed E-state index contributed by atoms with van der Waals surface area (Å²) in [5.41, 5.74) is 0. The fraction of sp³-hybridized carbons (Fsp3) is 0.905. The van der Waals surface area contributed by atoms with E-state index in [0.717, 1.165) is 12.8 Å². The number of hydrogen-bond donors (Lipinski definition) is 0. The van der Waals surface area contributed by atoms with Gasteiger partial charge in [0, 0.05) is 0 Å². The zero-order chi connectivity index (χ0) is 18.9. The van der Waals surface area contributed by atoms with Gasteiger partial charge in [-0.15, -0.1) is 0 Å². The van der Waals surface area contributed by atoms with Gasteiger partial charge in [0.25, 0.3) is 0 Å². The van der Waals surface area contributed by atoms with Crippen molar-refractivity contribution in [1.82, 2.24) is 0 Å². The molecule has 0 aromatic rings. The van der Waals surface area contributed by atoms with Crippen molar-refractivity contribution in [3.8, 4) is 0 Å². The van der Waals surface area contributed by atoms with Crippen molar-refractivity contribution in [3.05, 3.63) is 0 Å². The first-order valence-electron chi connectivity index (χ1n) is 10.3. The minimum Gasteiger partial charge on any atom is -0.466 e. The standard InChI is InChI=1S/C21H40O4/c1-5-7-8-9-10-11-12-13-14-15-19(21(23)24-6-2)16-20(22)25-17-18(3)4/h18-19H,5-17H2,1-4H3. The Morgan fingerprint density at radius 2 is 1.36 bits per heavy atom.